The highest BCUT2D eigenvalue weighted by Gasteiger charge is 2.27. The van der Waals surface area contributed by atoms with E-state index in [4.69, 9.17) is 0 Å². The average molecular weight is 373 g/mol. The largest absolute Gasteiger partial charge is 0.354 e. The predicted octanol–water partition coefficient (Wildman–Crippen LogP) is 0.433. The highest BCUT2D eigenvalue weighted by molar-refractivity contribution is 7.13. The van der Waals surface area contributed by atoms with Crippen molar-refractivity contribution in [3.05, 3.63) is 23.6 Å². The molecule has 1 aliphatic heterocycles. The summed E-state index contributed by atoms with van der Waals surface area (Å²) in [6.45, 7) is 7.03. The Hall–Kier alpha value is -2.66. The SMILES string of the molecule is Cc1cc(N2CCN([C@H](C)C(=O)Nc3nncs3)CC2)n2ncnc2n1. The van der Waals surface area contributed by atoms with Gasteiger partial charge in [0.15, 0.2) is 0 Å². The number of hydrogen-bond donors (Lipinski definition) is 1. The van der Waals surface area contributed by atoms with Crippen molar-refractivity contribution in [1.82, 2.24) is 34.7 Å². The Morgan fingerprint density at radius 3 is 2.85 bits per heavy atom. The van der Waals surface area contributed by atoms with Gasteiger partial charge in [-0.25, -0.2) is 4.98 Å². The monoisotopic (exact) mass is 373 g/mol. The lowest BCUT2D eigenvalue weighted by molar-refractivity contribution is -0.120. The minimum Gasteiger partial charge on any atom is -0.354 e. The molecule has 4 heterocycles. The second-order valence-electron chi connectivity index (χ2n) is 6.16. The molecule has 0 saturated carbocycles. The Morgan fingerprint density at radius 1 is 1.31 bits per heavy atom. The van der Waals surface area contributed by atoms with E-state index >= 15 is 0 Å². The Labute approximate surface area is 153 Å². The van der Waals surface area contributed by atoms with Gasteiger partial charge in [0.2, 0.25) is 11.0 Å². The first-order valence-electron chi connectivity index (χ1n) is 8.35. The molecule has 3 aromatic rings. The van der Waals surface area contributed by atoms with E-state index in [0.29, 0.717) is 10.9 Å². The van der Waals surface area contributed by atoms with E-state index in [1.165, 1.54) is 17.7 Å². The minimum absolute atomic E-state index is 0.0615. The van der Waals surface area contributed by atoms with Gasteiger partial charge in [0.1, 0.15) is 17.7 Å². The summed E-state index contributed by atoms with van der Waals surface area (Å²) < 4.78 is 1.76. The molecular weight excluding hydrogens is 354 g/mol. The summed E-state index contributed by atoms with van der Waals surface area (Å²) in [4.78, 5) is 25.4. The molecule has 1 atom stereocenters. The zero-order chi connectivity index (χ0) is 18.1. The van der Waals surface area contributed by atoms with Crippen molar-refractivity contribution in [2.75, 3.05) is 36.4 Å². The second-order valence-corrected chi connectivity index (χ2v) is 6.99. The number of hydrogen-bond acceptors (Lipinski definition) is 9. The number of anilines is 2. The fraction of sp³-hybridized carbons (Fsp3) is 0.467. The van der Waals surface area contributed by atoms with Crippen LogP contribution in [0.25, 0.3) is 5.78 Å². The van der Waals surface area contributed by atoms with Crippen LogP contribution < -0.4 is 10.2 Å². The van der Waals surface area contributed by atoms with Crippen molar-refractivity contribution in [3.8, 4) is 0 Å². The standard InChI is InChI=1S/C15H19N9OS/c1-10-7-12(24-14(19-10)16-8-18-24)23-5-3-22(4-6-23)11(2)13(25)20-15-21-17-9-26-15/h7-9,11H,3-6H2,1-2H3,(H,20,21,25)/t11-/m1/s1. The first kappa shape index (κ1) is 16.8. The summed E-state index contributed by atoms with van der Waals surface area (Å²) in [7, 11) is 0. The molecule has 0 aromatic carbocycles. The molecule has 11 heteroatoms. The molecule has 1 N–H and O–H groups in total. The molecule has 0 radical (unpaired) electrons. The highest BCUT2D eigenvalue weighted by Crippen LogP contribution is 2.19. The molecule has 3 aromatic heterocycles. The zero-order valence-electron chi connectivity index (χ0n) is 14.5. The number of amides is 1. The van der Waals surface area contributed by atoms with Gasteiger partial charge in [-0.1, -0.05) is 11.3 Å². The molecule has 136 valence electrons. The summed E-state index contributed by atoms with van der Waals surface area (Å²) in [6.07, 6.45) is 1.52. The molecule has 0 unspecified atom stereocenters. The second kappa shape index (κ2) is 6.92. The van der Waals surface area contributed by atoms with E-state index in [0.717, 1.165) is 37.7 Å². The predicted molar refractivity (Wildman–Crippen MR) is 97.3 cm³/mol. The van der Waals surface area contributed by atoms with E-state index < -0.39 is 0 Å². The molecule has 1 fully saturated rings. The van der Waals surface area contributed by atoms with Crippen molar-refractivity contribution >= 4 is 34.0 Å². The van der Waals surface area contributed by atoms with Crippen LogP contribution in [0.1, 0.15) is 12.6 Å². The Kier molecular flexibility index (Phi) is 4.47. The van der Waals surface area contributed by atoms with E-state index in [-0.39, 0.29) is 11.9 Å². The minimum atomic E-state index is -0.230. The molecule has 4 rings (SSSR count). The van der Waals surface area contributed by atoms with Crippen LogP contribution >= 0.6 is 11.3 Å². The molecule has 0 spiro atoms. The number of rotatable bonds is 4. The molecule has 1 saturated heterocycles. The smallest absolute Gasteiger partial charge is 0.254 e. The van der Waals surface area contributed by atoms with Crippen LogP contribution in [0, 0.1) is 6.92 Å². The fourth-order valence-corrected chi connectivity index (χ4v) is 3.53. The number of carbonyl (C=O) groups excluding carboxylic acids is 1. The van der Waals surface area contributed by atoms with E-state index in [2.05, 4.69) is 40.4 Å². The van der Waals surface area contributed by atoms with Crippen LogP contribution in [0.2, 0.25) is 0 Å². The van der Waals surface area contributed by atoms with Crippen molar-refractivity contribution in [3.63, 3.8) is 0 Å². The first-order chi connectivity index (χ1) is 12.6. The number of fused-ring (bicyclic) bond motifs is 1. The maximum absolute atomic E-state index is 12.4. The van der Waals surface area contributed by atoms with Gasteiger partial charge < -0.3 is 4.90 Å². The maximum atomic E-state index is 12.4. The Balaban J connectivity index is 1.42. The third-order valence-electron chi connectivity index (χ3n) is 4.52. The van der Waals surface area contributed by atoms with Crippen LogP contribution in [0.15, 0.2) is 17.9 Å². The van der Waals surface area contributed by atoms with Crippen molar-refractivity contribution in [2.24, 2.45) is 0 Å². The molecule has 0 aliphatic carbocycles. The maximum Gasteiger partial charge on any atom is 0.254 e. The topological polar surface area (TPSA) is 104 Å². The van der Waals surface area contributed by atoms with Crippen LogP contribution in [-0.4, -0.2) is 72.8 Å². The highest BCUT2D eigenvalue weighted by atomic mass is 32.1. The van der Waals surface area contributed by atoms with E-state index in [1.807, 2.05) is 19.9 Å². The summed E-state index contributed by atoms with van der Waals surface area (Å²) in [5.41, 5.74) is 2.51. The van der Waals surface area contributed by atoms with Gasteiger partial charge in [-0.05, 0) is 13.8 Å². The quantitative estimate of drug-likeness (QED) is 0.702. The fourth-order valence-electron chi connectivity index (χ4n) is 3.08. The van der Waals surface area contributed by atoms with Crippen molar-refractivity contribution < 1.29 is 4.79 Å². The van der Waals surface area contributed by atoms with Gasteiger partial charge in [0.25, 0.3) is 5.78 Å². The summed E-state index contributed by atoms with van der Waals surface area (Å²) in [6, 6.07) is 1.79. The van der Waals surface area contributed by atoms with Crippen LogP contribution in [0.5, 0.6) is 0 Å². The first-order valence-corrected chi connectivity index (χ1v) is 9.23. The average Bonchev–Trinajstić information content (AvgIpc) is 3.32. The van der Waals surface area contributed by atoms with Gasteiger partial charge >= 0.3 is 0 Å². The summed E-state index contributed by atoms with van der Waals surface area (Å²) >= 11 is 1.31. The number of nitrogens with one attached hydrogen (secondary N) is 1. The molecular formula is C15H19N9OS. The molecule has 0 bridgehead atoms. The molecule has 26 heavy (non-hydrogen) atoms. The summed E-state index contributed by atoms with van der Waals surface area (Å²) in [5, 5.41) is 15.2. The number of nitrogens with zero attached hydrogens (tertiary/aromatic N) is 8. The number of aromatic nitrogens is 6. The third-order valence-corrected chi connectivity index (χ3v) is 5.12. The third kappa shape index (κ3) is 3.22. The molecule has 1 aliphatic rings. The Morgan fingerprint density at radius 2 is 2.12 bits per heavy atom. The van der Waals surface area contributed by atoms with Gasteiger partial charge in [-0.2, -0.15) is 14.6 Å². The van der Waals surface area contributed by atoms with Crippen molar-refractivity contribution in [2.45, 2.75) is 19.9 Å². The molecule has 10 nitrogen and oxygen atoms in total. The van der Waals surface area contributed by atoms with Crippen LogP contribution in [0.4, 0.5) is 10.9 Å². The number of aryl methyl sites for hydroxylation is 1. The lowest BCUT2D eigenvalue weighted by atomic mass is 10.2. The normalized spacial score (nSPS) is 16.8. The van der Waals surface area contributed by atoms with Gasteiger partial charge in [-0.3, -0.25) is 15.0 Å². The zero-order valence-corrected chi connectivity index (χ0v) is 15.3. The number of piperazine rings is 1. The number of carbonyl (C=O) groups is 1. The summed E-state index contributed by atoms with van der Waals surface area (Å²) in [5.74, 6) is 1.52. The van der Waals surface area contributed by atoms with E-state index in [1.54, 1.807) is 10.0 Å². The van der Waals surface area contributed by atoms with Crippen molar-refractivity contribution in [1.29, 1.82) is 0 Å². The van der Waals surface area contributed by atoms with E-state index in [9.17, 15) is 4.79 Å². The van der Waals surface area contributed by atoms with Gasteiger partial charge in [0, 0.05) is 37.9 Å². The lowest BCUT2D eigenvalue weighted by Gasteiger charge is -2.38. The van der Waals surface area contributed by atoms with Crippen LogP contribution in [0.3, 0.4) is 0 Å². The van der Waals surface area contributed by atoms with Crippen LogP contribution in [-0.2, 0) is 4.79 Å². The van der Waals surface area contributed by atoms with Gasteiger partial charge in [-0.15, -0.1) is 10.2 Å². The van der Waals surface area contributed by atoms with Gasteiger partial charge in [0.05, 0.1) is 6.04 Å². The lowest BCUT2D eigenvalue weighted by Crippen LogP contribution is -2.53. The Bertz CT molecular complexity index is 901. The molecule has 1 amide bonds.